The fourth-order valence-corrected chi connectivity index (χ4v) is 3.67. The highest BCUT2D eigenvalue weighted by Gasteiger charge is 2.39. The third kappa shape index (κ3) is 5.10. The topological polar surface area (TPSA) is 75.7 Å². The van der Waals surface area contributed by atoms with Crippen molar-refractivity contribution in [1.82, 2.24) is 0 Å². The van der Waals surface area contributed by atoms with Crippen molar-refractivity contribution in [2.75, 3.05) is 10.2 Å². The van der Waals surface area contributed by atoms with E-state index >= 15 is 0 Å². The molecule has 178 valence electrons. The van der Waals surface area contributed by atoms with Crippen molar-refractivity contribution < 1.29 is 23.5 Å². The third-order valence-electron chi connectivity index (χ3n) is 5.43. The SMILES string of the molecule is CC(C)(C)c1ccc(OC(=O)c2ccc(NC3=C(Cl)C(=O)N(c4ccc(F)cc4)C3=O)cc2)cc1. The number of rotatable bonds is 5. The summed E-state index contributed by atoms with van der Waals surface area (Å²) in [5.74, 6) is -1.99. The molecule has 35 heavy (non-hydrogen) atoms. The third-order valence-corrected chi connectivity index (χ3v) is 5.78. The molecule has 6 nitrogen and oxygen atoms in total. The molecule has 1 aliphatic rings. The van der Waals surface area contributed by atoms with Crippen molar-refractivity contribution in [1.29, 1.82) is 0 Å². The van der Waals surface area contributed by atoms with Gasteiger partial charge in [0, 0.05) is 5.69 Å². The Morgan fingerprint density at radius 3 is 2.06 bits per heavy atom. The highest BCUT2D eigenvalue weighted by atomic mass is 35.5. The van der Waals surface area contributed by atoms with E-state index in [1.807, 2.05) is 12.1 Å². The molecule has 0 atom stereocenters. The molecule has 2 amide bonds. The van der Waals surface area contributed by atoms with E-state index in [2.05, 4.69) is 26.1 Å². The van der Waals surface area contributed by atoms with Crippen LogP contribution in [0.4, 0.5) is 15.8 Å². The number of nitrogens with zero attached hydrogens (tertiary/aromatic N) is 1. The fourth-order valence-electron chi connectivity index (χ4n) is 3.46. The largest absolute Gasteiger partial charge is 0.423 e. The van der Waals surface area contributed by atoms with Gasteiger partial charge in [-0.15, -0.1) is 0 Å². The molecule has 0 saturated heterocycles. The summed E-state index contributed by atoms with van der Waals surface area (Å²) in [4.78, 5) is 38.7. The molecule has 3 aromatic rings. The number of imide groups is 1. The van der Waals surface area contributed by atoms with Crippen molar-refractivity contribution in [2.24, 2.45) is 0 Å². The van der Waals surface area contributed by atoms with E-state index in [4.69, 9.17) is 16.3 Å². The van der Waals surface area contributed by atoms with Crippen LogP contribution in [-0.4, -0.2) is 17.8 Å². The van der Waals surface area contributed by atoms with Gasteiger partial charge < -0.3 is 10.1 Å². The Labute approximate surface area is 207 Å². The first-order valence-corrected chi connectivity index (χ1v) is 11.2. The van der Waals surface area contributed by atoms with E-state index < -0.39 is 23.6 Å². The van der Waals surface area contributed by atoms with Gasteiger partial charge in [-0.25, -0.2) is 14.1 Å². The van der Waals surface area contributed by atoms with Crippen LogP contribution in [-0.2, 0) is 15.0 Å². The molecule has 1 aliphatic heterocycles. The molecule has 0 spiro atoms. The highest BCUT2D eigenvalue weighted by molar-refractivity contribution is 6.53. The molecule has 1 heterocycles. The average Bonchev–Trinajstić information content (AvgIpc) is 3.03. The predicted molar refractivity (Wildman–Crippen MR) is 132 cm³/mol. The first-order chi connectivity index (χ1) is 16.5. The Bertz CT molecular complexity index is 1330. The molecule has 0 radical (unpaired) electrons. The Balaban J connectivity index is 1.44. The lowest BCUT2D eigenvalue weighted by Gasteiger charge is -2.19. The normalized spacial score (nSPS) is 13.9. The maximum Gasteiger partial charge on any atom is 0.343 e. The molecule has 0 aromatic heterocycles. The lowest BCUT2D eigenvalue weighted by Crippen LogP contribution is -2.32. The number of anilines is 2. The van der Waals surface area contributed by atoms with Crippen LogP contribution in [0.5, 0.6) is 5.75 Å². The molecule has 0 unspecified atom stereocenters. The molecule has 3 aromatic carbocycles. The summed E-state index contributed by atoms with van der Waals surface area (Å²) in [5.41, 5.74) is 1.94. The van der Waals surface area contributed by atoms with Crippen LogP contribution >= 0.6 is 11.6 Å². The van der Waals surface area contributed by atoms with Crippen LogP contribution in [0.15, 0.2) is 83.5 Å². The van der Waals surface area contributed by atoms with Gasteiger partial charge in [-0.3, -0.25) is 9.59 Å². The van der Waals surface area contributed by atoms with Crippen molar-refractivity contribution >= 4 is 40.8 Å². The number of benzene rings is 3. The Morgan fingerprint density at radius 2 is 1.49 bits per heavy atom. The van der Waals surface area contributed by atoms with Crippen LogP contribution in [0.3, 0.4) is 0 Å². The van der Waals surface area contributed by atoms with Crippen molar-refractivity contribution in [2.45, 2.75) is 26.2 Å². The van der Waals surface area contributed by atoms with Gasteiger partial charge in [0.1, 0.15) is 22.3 Å². The Kier molecular flexibility index (Phi) is 6.45. The maximum absolute atomic E-state index is 13.2. The second kappa shape index (κ2) is 9.35. The number of halogens is 2. The van der Waals surface area contributed by atoms with Gasteiger partial charge >= 0.3 is 5.97 Å². The molecule has 1 N–H and O–H groups in total. The monoisotopic (exact) mass is 492 g/mol. The average molecular weight is 493 g/mol. The van der Waals surface area contributed by atoms with Crippen molar-refractivity contribution in [3.8, 4) is 5.75 Å². The summed E-state index contributed by atoms with van der Waals surface area (Å²) >= 11 is 6.12. The fraction of sp³-hybridized carbons (Fsp3) is 0.148. The van der Waals surface area contributed by atoms with Gasteiger partial charge in [-0.1, -0.05) is 44.5 Å². The van der Waals surface area contributed by atoms with Crippen molar-refractivity contribution in [3.05, 3.63) is 100 Å². The lowest BCUT2D eigenvalue weighted by atomic mass is 9.87. The minimum absolute atomic E-state index is 0.00886. The molecule has 0 fully saturated rings. The van der Waals surface area contributed by atoms with Gasteiger partial charge in [0.25, 0.3) is 11.8 Å². The van der Waals surface area contributed by atoms with Gasteiger partial charge in [-0.05, 0) is 71.6 Å². The predicted octanol–water partition coefficient (Wildman–Crippen LogP) is 5.78. The van der Waals surface area contributed by atoms with E-state index in [0.29, 0.717) is 17.0 Å². The number of hydrogen-bond acceptors (Lipinski definition) is 5. The van der Waals surface area contributed by atoms with Crippen LogP contribution in [0, 0.1) is 5.82 Å². The second-order valence-corrected chi connectivity index (χ2v) is 9.36. The van der Waals surface area contributed by atoms with Crippen molar-refractivity contribution in [3.63, 3.8) is 0 Å². The van der Waals surface area contributed by atoms with Gasteiger partial charge in [0.2, 0.25) is 0 Å². The Morgan fingerprint density at radius 1 is 0.886 bits per heavy atom. The maximum atomic E-state index is 13.2. The van der Waals surface area contributed by atoms with E-state index in [0.717, 1.165) is 22.6 Å². The van der Waals surface area contributed by atoms with Gasteiger partial charge in [0.15, 0.2) is 0 Å². The number of nitrogens with one attached hydrogen (secondary N) is 1. The Hall–Kier alpha value is -3.97. The first-order valence-electron chi connectivity index (χ1n) is 10.8. The molecular formula is C27H22ClFN2O4. The van der Waals surface area contributed by atoms with Crippen LogP contribution < -0.4 is 15.0 Å². The second-order valence-electron chi connectivity index (χ2n) is 8.98. The number of ether oxygens (including phenoxy) is 1. The molecule has 0 aliphatic carbocycles. The number of carbonyl (C=O) groups is 3. The number of hydrogen-bond donors (Lipinski definition) is 1. The van der Waals surface area contributed by atoms with Crippen LogP contribution in [0.2, 0.25) is 0 Å². The standard InChI is InChI=1S/C27H22ClFN2O4/c1-27(2,3)17-6-14-21(15-7-17)35-26(34)16-4-10-19(11-5-16)30-23-22(28)24(32)31(25(23)33)20-12-8-18(29)9-13-20/h4-15,30H,1-3H3. The van der Waals surface area contributed by atoms with Crippen LogP contribution in [0.25, 0.3) is 0 Å². The zero-order valence-corrected chi connectivity index (χ0v) is 20.0. The molecular weight excluding hydrogens is 471 g/mol. The number of amides is 2. The van der Waals surface area contributed by atoms with E-state index in [-0.39, 0.29) is 21.8 Å². The summed E-state index contributed by atoms with van der Waals surface area (Å²) in [6.45, 7) is 6.30. The summed E-state index contributed by atoms with van der Waals surface area (Å²) in [7, 11) is 0. The summed E-state index contributed by atoms with van der Waals surface area (Å²) in [6, 6.07) is 18.4. The van der Waals surface area contributed by atoms with Crippen LogP contribution in [0.1, 0.15) is 36.7 Å². The summed E-state index contributed by atoms with van der Waals surface area (Å²) in [6.07, 6.45) is 0. The van der Waals surface area contributed by atoms with Gasteiger partial charge in [0.05, 0.1) is 11.3 Å². The highest BCUT2D eigenvalue weighted by Crippen LogP contribution is 2.30. The minimum atomic E-state index is -0.719. The molecule has 0 bridgehead atoms. The molecule has 4 rings (SSSR count). The summed E-state index contributed by atoms with van der Waals surface area (Å²) < 4.78 is 18.6. The molecule has 0 saturated carbocycles. The van der Waals surface area contributed by atoms with E-state index in [1.54, 1.807) is 24.3 Å². The zero-order valence-electron chi connectivity index (χ0n) is 19.3. The van der Waals surface area contributed by atoms with E-state index in [9.17, 15) is 18.8 Å². The number of carbonyl (C=O) groups excluding carboxylic acids is 3. The lowest BCUT2D eigenvalue weighted by molar-refractivity contribution is -0.120. The van der Waals surface area contributed by atoms with E-state index in [1.165, 1.54) is 24.3 Å². The smallest absolute Gasteiger partial charge is 0.343 e. The quantitative estimate of drug-likeness (QED) is 0.277. The number of esters is 1. The first kappa shape index (κ1) is 24.2. The summed E-state index contributed by atoms with van der Waals surface area (Å²) in [5, 5.41) is 2.54. The zero-order chi connectivity index (χ0) is 25.3. The molecule has 8 heteroatoms. The van der Waals surface area contributed by atoms with Gasteiger partial charge in [-0.2, -0.15) is 0 Å². The minimum Gasteiger partial charge on any atom is -0.423 e.